The van der Waals surface area contributed by atoms with E-state index in [1.165, 1.54) is 0 Å². The summed E-state index contributed by atoms with van der Waals surface area (Å²) in [5.41, 5.74) is 6.88. The van der Waals surface area contributed by atoms with E-state index in [0.29, 0.717) is 13.0 Å². The van der Waals surface area contributed by atoms with Crippen molar-refractivity contribution < 1.29 is 4.79 Å². The van der Waals surface area contributed by atoms with Gasteiger partial charge in [-0.15, -0.1) is 0 Å². The van der Waals surface area contributed by atoms with E-state index >= 15 is 0 Å². The maximum Gasteiger partial charge on any atom is 0.222 e. The number of rotatable bonds is 3. The van der Waals surface area contributed by atoms with Crippen LogP contribution in [0.1, 0.15) is 18.4 Å². The molecule has 2 N–H and O–H groups in total. The van der Waals surface area contributed by atoms with Crippen LogP contribution >= 0.6 is 11.6 Å². The van der Waals surface area contributed by atoms with Crippen LogP contribution in [0.3, 0.4) is 0 Å². The minimum atomic E-state index is 0.158. The first-order chi connectivity index (χ1) is 8.15. The maximum absolute atomic E-state index is 11.9. The van der Waals surface area contributed by atoms with E-state index in [1.807, 2.05) is 29.2 Å². The number of hydrogen-bond acceptors (Lipinski definition) is 2. The van der Waals surface area contributed by atoms with Crippen molar-refractivity contribution in [2.75, 3.05) is 13.1 Å². The summed E-state index contributed by atoms with van der Waals surface area (Å²) in [4.78, 5) is 13.7. The molecule has 1 aliphatic heterocycles. The van der Waals surface area contributed by atoms with Crippen LogP contribution in [0.15, 0.2) is 24.3 Å². The first-order valence-corrected chi connectivity index (χ1v) is 6.31. The summed E-state index contributed by atoms with van der Waals surface area (Å²) in [5.74, 6) is 0.193. The smallest absolute Gasteiger partial charge is 0.222 e. The van der Waals surface area contributed by atoms with Crippen molar-refractivity contribution in [3.8, 4) is 0 Å². The van der Waals surface area contributed by atoms with Gasteiger partial charge in [-0.2, -0.15) is 0 Å². The second kappa shape index (κ2) is 5.52. The van der Waals surface area contributed by atoms with Gasteiger partial charge in [-0.25, -0.2) is 0 Å². The Bertz CT molecular complexity index is 408. The molecule has 1 aromatic rings. The summed E-state index contributed by atoms with van der Waals surface area (Å²) in [5, 5.41) is 0.721. The number of hydrogen-bond donors (Lipinski definition) is 1. The van der Waals surface area contributed by atoms with Crippen LogP contribution in [0.5, 0.6) is 0 Å². The van der Waals surface area contributed by atoms with Gasteiger partial charge in [0.1, 0.15) is 0 Å². The summed E-state index contributed by atoms with van der Waals surface area (Å²) >= 11 is 5.89. The lowest BCUT2D eigenvalue weighted by atomic mass is 10.1. The molecule has 0 saturated carbocycles. The van der Waals surface area contributed by atoms with E-state index in [1.54, 1.807) is 0 Å². The molecule has 1 heterocycles. The third kappa shape index (κ3) is 3.45. The van der Waals surface area contributed by atoms with Gasteiger partial charge >= 0.3 is 0 Å². The molecule has 1 aliphatic rings. The molecule has 0 aliphatic carbocycles. The van der Waals surface area contributed by atoms with Gasteiger partial charge in [0.2, 0.25) is 5.91 Å². The lowest BCUT2D eigenvalue weighted by molar-refractivity contribution is -0.130. The monoisotopic (exact) mass is 252 g/mol. The van der Waals surface area contributed by atoms with E-state index < -0.39 is 0 Å². The summed E-state index contributed by atoms with van der Waals surface area (Å²) in [7, 11) is 0. The van der Waals surface area contributed by atoms with E-state index in [0.717, 1.165) is 30.0 Å². The molecule has 0 spiro atoms. The topological polar surface area (TPSA) is 46.3 Å². The molecule has 1 fully saturated rings. The van der Waals surface area contributed by atoms with Crippen LogP contribution < -0.4 is 5.73 Å². The second-order valence-corrected chi connectivity index (χ2v) is 4.95. The average molecular weight is 253 g/mol. The van der Waals surface area contributed by atoms with Crippen molar-refractivity contribution in [1.29, 1.82) is 0 Å². The Labute approximate surface area is 107 Å². The standard InChI is InChI=1S/C13H17ClN2O/c14-11-3-1-2-10(8-11)4-5-13(17)16-7-6-12(15)9-16/h1-3,8,12H,4-7,9,15H2/t12-/m1/s1. The Hall–Kier alpha value is -1.06. The Balaban J connectivity index is 1.84. The van der Waals surface area contributed by atoms with Gasteiger partial charge in [0.05, 0.1) is 0 Å². The number of likely N-dealkylation sites (tertiary alicyclic amines) is 1. The summed E-state index contributed by atoms with van der Waals surface area (Å²) in [6, 6.07) is 7.81. The Morgan fingerprint density at radius 2 is 2.35 bits per heavy atom. The van der Waals surface area contributed by atoms with Gasteiger partial charge in [-0.3, -0.25) is 4.79 Å². The van der Waals surface area contributed by atoms with Crippen molar-refractivity contribution in [3.63, 3.8) is 0 Å². The van der Waals surface area contributed by atoms with E-state index in [2.05, 4.69) is 0 Å². The zero-order chi connectivity index (χ0) is 12.3. The Kier molecular flexibility index (Phi) is 4.02. The van der Waals surface area contributed by atoms with Gasteiger partial charge in [-0.1, -0.05) is 23.7 Å². The maximum atomic E-state index is 11.9. The number of halogens is 1. The predicted molar refractivity (Wildman–Crippen MR) is 68.9 cm³/mol. The zero-order valence-electron chi connectivity index (χ0n) is 9.73. The van der Waals surface area contributed by atoms with Crippen LogP contribution in [0, 0.1) is 0 Å². The van der Waals surface area contributed by atoms with Crippen LogP contribution in [0.2, 0.25) is 5.02 Å². The SMILES string of the molecule is N[C@@H]1CCN(C(=O)CCc2cccc(Cl)c2)C1. The molecular weight excluding hydrogens is 236 g/mol. The fraction of sp³-hybridized carbons (Fsp3) is 0.462. The van der Waals surface area contributed by atoms with Crippen LogP contribution in [0.25, 0.3) is 0 Å². The van der Waals surface area contributed by atoms with Gasteiger partial charge in [-0.05, 0) is 30.5 Å². The molecule has 4 heteroatoms. The normalized spacial score (nSPS) is 19.6. The molecule has 3 nitrogen and oxygen atoms in total. The molecule has 0 bridgehead atoms. The zero-order valence-corrected chi connectivity index (χ0v) is 10.5. The molecule has 1 amide bonds. The van der Waals surface area contributed by atoms with E-state index in [4.69, 9.17) is 17.3 Å². The molecule has 0 aromatic heterocycles. The van der Waals surface area contributed by atoms with Crippen molar-refractivity contribution in [1.82, 2.24) is 4.90 Å². The van der Waals surface area contributed by atoms with E-state index in [-0.39, 0.29) is 11.9 Å². The summed E-state index contributed by atoms with van der Waals surface area (Å²) in [6.45, 7) is 1.50. The van der Waals surface area contributed by atoms with Crippen molar-refractivity contribution in [2.45, 2.75) is 25.3 Å². The number of carbonyl (C=O) groups excluding carboxylic acids is 1. The third-order valence-electron chi connectivity index (χ3n) is 3.09. The minimum absolute atomic E-state index is 0.158. The molecule has 17 heavy (non-hydrogen) atoms. The fourth-order valence-corrected chi connectivity index (χ4v) is 2.33. The number of aryl methyl sites for hydroxylation is 1. The third-order valence-corrected chi connectivity index (χ3v) is 3.33. The van der Waals surface area contributed by atoms with Crippen molar-refractivity contribution in [2.24, 2.45) is 5.73 Å². The molecule has 0 unspecified atom stereocenters. The summed E-state index contributed by atoms with van der Waals surface area (Å²) < 4.78 is 0. The van der Waals surface area contributed by atoms with E-state index in [9.17, 15) is 4.79 Å². The van der Waals surface area contributed by atoms with Gasteiger partial charge in [0, 0.05) is 30.6 Å². The number of nitrogens with zero attached hydrogens (tertiary/aromatic N) is 1. The average Bonchev–Trinajstić information content (AvgIpc) is 2.73. The van der Waals surface area contributed by atoms with Crippen LogP contribution in [-0.2, 0) is 11.2 Å². The number of nitrogens with two attached hydrogens (primary N) is 1. The summed E-state index contributed by atoms with van der Waals surface area (Å²) in [6.07, 6.45) is 2.20. The number of carbonyl (C=O) groups is 1. The van der Waals surface area contributed by atoms with Gasteiger partial charge < -0.3 is 10.6 Å². The quantitative estimate of drug-likeness (QED) is 0.892. The highest BCUT2D eigenvalue weighted by molar-refractivity contribution is 6.30. The lowest BCUT2D eigenvalue weighted by Gasteiger charge is -2.15. The number of amides is 1. The first kappa shape index (κ1) is 12.4. The molecule has 1 saturated heterocycles. The van der Waals surface area contributed by atoms with Crippen LogP contribution in [0.4, 0.5) is 0 Å². The second-order valence-electron chi connectivity index (χ2n) is 4.52. The fourth-order valence-electron chi connectivity index (χ4n) is 2.12. The Morgan fingerprint density at radius 3 is 3.00 bits per heavy atom. The molecule has 1 atom stereocenters. The molecular formula is C13H17ClN2O. The Morgan fingerprint density at radius 1 is 1.53 bits per heavy atom. The highest BCUT2D eigenvalue weighted by atomic mass is 35.5. The first-order valence-electron chi connectivity index (χ1n) is 5.93. The number of benzene rings is 1. The largest absolute Gasteiger partial charge is 0.341 e. The molecule has 2 rings (SSSR count). The minimum Gasteiger partial charge on any atom is -0.341 e. The molecule has 92 valence electrons. The highest BCUT2D eigenvalue weighted by Gasteiger charge is 2.22. The lowest BCUT2D eigenvalue weighted by Crippen LogP contribution is -2.31. The highest BCUT2D eigenvalue weighted by Crippen LogP contribution is 2.14. The van der Waals surface area contributed by atoms with Crippen molar-refractivity contribution in [3.05, 3.63) is 34.9 Å². The predicted octanol–water partition coefficient (Wildman–Crippen LogP) is 1.83. The molecule has 1 aromatic carbocycles. The van der Waals surface area contributed by atoms with Gasteiger partial charge in [0.15, 0.2) is 0 Å². The molecule has 0 radical (unpaired) electrons. The van der Waals surface area contributed by atoms with Crippen molar-refractivity contribution >= 4 is 17.5 Å². The van der Waals surface area contributed by atoms with Gasteiger partial charge in [0.25, 0.3) is 0 Å². The van der Waals surface area contributed by atoms with Crippen LogP contribution in [-0.4, -0.2) is 29.9 Å².